The highest BCUT2D eigenvalue weighted by molar-refractivity contribution is 7.91. The molecule has 156 valence electrons. The van der Waals surface area contributed by atoms with Crippen LogP contribution in [0.2, 0.25) is 0 Å². The van der Waals surface area contributed by atoms with Crippen LogP contribution in [0.3, 0.4) is 0 Å². The standard InChI is InChI=1S/C19H24N4O4S2/c24-18(19(25)22-14-15-6-1-3-10-20-15)21-11-9-16-7-2-4-12-23(16)29(26,27)17-8-5-13-28-17/h1,3,5-6,8,10,13,16H,2,4,7,9,11-12,14H2,(H,21,24)(H,22,25). The monoisotopic (exact) mass is 436 g/mol. The van der Waals surface area contributed by atoms with Crippen molar-refractivity contribution >= 4 is 33.2 Å². The molecule has 0 aromatic carbocycles. The van der Waals surface area contributed by atoms with Crippen molar-refractivity contribution in [2.45, 2.75) is 42.5 Å². The molecular formula is C19H24N4O4S2. The number of pyridine rings is 1. The van der Waals surface area contributed by atoms with E-state index in [2.05, 4.69) is 15.6 Å². The molecule has 0 aliphatic carbocycles. The second-order valence-corrected chi connectivity index (χ2v) is 9.81. The van der Waals surface area contributed by atoms with Gasteiger partial charge in [0.1, 0.15) is 4.21 Å². The molecule has 1 aliphatic heterocycles. The molecule has 2 aromatic rings. The van der Waals surface area contributed by atoms with Gasteiger partial charge in [0.15, 0.2) is 0 Å². The molecule has 1 saturated heterocycles. The van der Waals surface area contributed by atoms with Crippen LogP contribution < -0.4 is 10.6 Å². The Hall–Kier alpha value is -2.30. The second-order valence-electron chi connectivity index (χ2n) is 6.75. The van der Waals surface area contributed by atoms with E-state index in [0.717, 1.165) is 19.3 Å². The van der Waals surface area contributed by atoms with E-state index >= 15 is 0 Å². The van der Waals surface area contributed by atoms with E-state index in [1.54, 1.807) is 41.9 Å². The van der Waals surface area contributed by atoms with Crippen molar-refractivity contribution in [2.24, 2.45) is 0 Å². The Morgan fingerprint density at radius 3 is 2.69 bits per heavy atom. The number of thiophene rings is 1. The molecule has 2 aromatic heterocycles. The van der Waals surface area contributed by atoms with Gasteiger partial charge in [-0.2, -0.15) is 4.31 Å². The largest absolute Gasteiger partial charge is 0.348 e. The Balaban J connectivity index is 1.49. The topological polar surface area (TPSA) is 108 Å². The lowest BCUT2D eigenvalue weighted by molar-refractivity contribution is -0.139. The molecule has 0 radical (unpaired) electrons. The minimum absolute atomic E-state index is 0.169. The van der Waals surface area contributed by atoms with E-state index in [1.165, 1.54) is 15.6 Å². The number of aromatic nitrogens is 1. The minimum atomic E-state index is -3.52. The van der Waals surface area contributed by atoms with Gasteiger partial charge in [0.25, 0.3) is 10.0 Å². The Morgan fingerprint density at radius 2 is 1.97 bits per heavy atom. The van der Waals surface area contributed by atoms with Crippen LogP contribution in [0.4, 0.5) is 0 Å². The molecule has 1 unspecified atom stereocenters. The number of amides is 2. The smallest absolute Gasteiger partial charge is 0.309 e. The van der Waals surface area contributed by atoms with Crippen LogP contribution in [-0.4, -0.2) is 48.7 Å². The maximum absolute atomic E-state index is 12.9. The number of carbonyl (C=O) groups is 2. The fourth-order valence-electron chi connectivity index (χ4n) is 3.29. The number of hydrogen-bond acceptors (Lipinski definition) is 6. The zero-order valence-electron chi connectivity index (χ0n) is 15.9. The molecular weight excluding hydrogens is 412 g/mol. The Kier molecular flexibility index (Phi) is 7.34. The first kappa shape index (κ1) is 21.4. The van der Waals surface area contributed by atoms with Crippen molar-refractivity contribution in [1.29, 1.82) is 0 Å². The molecule has 8 nitrogen and oxygen atoms in total. The minimum Gasteiger partial charge on any atom is -0.348 e. The van der Waals surface area contributed by atoms with Gasteiger partial charge in [0, 0.05) is 25.3 Å². The van der Waals surface area contributed by atoms with Crippen LogP contribution in [0.25, 0.3) is 0 Å². The first-order valence-corrected chi connectivity index (χ1v) is 11.8. The summed E-state index contributed by atoms with van der Waals surface area (Å²) in [5, 5.41) is 6.85. The summed E-state index contributed by atoms with van der Waals surface area (Å²) in [7, 11) is -3.52. The van der Waals surface area contributed by atoms with E-state index in [4.69, 9.17) is 0 Å². The normalized spacial score (nSPS) is 17.6. The van der Waals surface area contributed by atoms with Gasteiger partial charge in [-0.25, -0.2) is 8.42 Å². The van der Waals surface area contributed by atoms with E-state index in [-0.39, 0.29) is 19.1 Å². The summed E-state index contributed by atoms with van der Waals surface area (Å²) in [6.07, 6.45) is 4.58. The molecule has 1 aliphatic rings. The number of hydrogen-bond donors (Lipinski definition) is 2. The van der Waals surface area contributed by atoms with Crippen molar-refractivity contribution in [3.63, 3.8) is 0 Å². The zero-order chi connectivity index (χ0) is 20.7. The molecule has 10 heteroatoms. The average Bonchev–Trinajstić information content (AvgIpc) is 3.29. The van der Waals surface area contributed by atoms with Crippen molar-refractivity contribution in [2.75, 3.05) is 13.1 Å². The van der Waals surface area contributed by atoms with Crippen LogP contribution >= 0.6 is 11.3 Å². The summed E-state index contributed by atoms with van der Waals surface area (Å²) in [6, 6.07) is 8.47. The van der Waals surface area contributed by atoms with Gasteiger partial charge in [-0.15, -0.1) is 11.3 Å². The molecule has 3 heterocycles. The average molecular weight is 437 g/mol. The summed E-state index contributed by atoms with van der Waals surface area (Å²) in [4.78, 5) is 28.0. The molecule has 2 amide bonds. The predicted molar refractivity (Wildman–Crippen MR) is 110 cm³/mol. The van der Waals surface area contributed by atoms with Crippen LogP contribution in [-0.2, 0) is 26.2 Å². The number of carbonyl (C=O) groups excluding carboxylic acids is 2. The van der Waals surface area contributed by atoms with Crippen LogP contribution in [0.5, 0.6) is 0 Å². The maximum atomic E-state index is 12.9. The fourth-order valence-corrected chi connectivity index (χ4v) is 6.13. The van der Waals surface area contributed by atoms with Gasteiger partial charge in [-0.05, 0) is 42.8 Å². The van der Waals surface area contributed by atoms with Crippen molar-refractivity contribution in [3.8, 4) is 0 Å². The highest BCUT2D eigenvalue weighted by atomic mass is 32.2. The van der Waals surface area contributed by atoms with Crippen LogP contribution in [0.1, 0.15) is 31.4 Å². The summed E-state index contributed by atoms with van der Waals surface area (Å²) in [5.74, 6) is -1.47. The van der Waals surface area contributed by atoms with Crippen LogP contribution in [0.15, 0.2) is 46.1 Å². The van der Waals surface area contributed by atoms with Gasteiger partial charge in [0.2, 0.25) is 0 Å². The lowest BCUT2D eigenvalue weighted by Crippen LogP contribution is -2.46. The number of nitrogens with zero attached hydrogens (tertiary/aromatic N) is 2. The number of sulfonamides is 1. The van der Waals surface area contributed by atoms with Crippen molar-refractivity contribution < 1.29 is 18.0 Å². The molecule has 29 heavy (non-hydrogen) atoms. The van der Waals surface area contributed by atoms with Gasteiger partial charge in [-0.1, -0.05) is 18.6 Å². The third kappa shape index (κ3) is 5.62. The third-order valence-corrected chi connectivity index (χ3v) is 8.08. The van der Waals surface area contributed by atoms with E-state index < -0.39 is 21.8 Å². The molecule has 0 spiro atoms. The molecule has 0 saturated carbocycles. The lowest BCUT2D eigenvalue weighted by atomic mass is 10.0. The Labute approximate surface area is 174 Å². The summed E-state index contributed by atoms with van der Waals surface area (Å²) in [6.45, 7) is 0.878. The molecule has 0 bridgehead atoms. The number of piperidine rings is 1. The van der Waals surface area contributed by atoms with E-state index in [0.29, 0.717) is 22.9 Å². The van der Waals surface area contributed by atoms with Crippen LogP contribution in [0, 0.1) is 0 Å². The summed E-state index contributed by atoms with van der Waals surface area (Å²) >= 11 is 1.20. The molecule has 1 fully saturated rings. The summed E-state index contributed by atoms with van der Waals surface area (Å²) in [5.41, 5.74) is 0.658. The quantitative estimate of drug-likeness (QED) is 0.640. The number of rotatable bonds is 7. The zero-order valence-corrected chi connectivity index (χ0v) is 17.5. The molecule has 3 rings (SSSR count). The molecule has 1 atom stereocenters. The second kappa shape index (κ2) is 9.95. The van der Waals surface area contributed by atoms with Gasteiger partial charge in [0.05, 0.1) is 12.2 Å². The predicted octanol–water partition coefficient (Wildman–Crippen LogP) is 1.51. The highest BCUT2D eigenvalue weighted by Crippen LogP contribution is 2.28. The van der Waals surface area contributed by atoms with Gasteiger partial charge in [-0.3, -0.25) is 14.6 Å². The maximum Gasteiger partial charge on any atom is 0.309 e. The highest BCUT2D eigenvalue weighted by Gasteiger charge is 2.33. The van der Waals surface area contributed by atoms with E-state index in [9.17, 15) is 18.0 Å². The third-order valence-electron chi connectivity index (χ3n) is 4.76. The Morgan fingerprint density at radius 1 is 1.14 bits per heavy atom. The first-order valence-electron chi connectivity index (χ1n) is 9.50. The summed E-state index contributed by atoms with van der Waals surface area (Å²) < 4.78 is 27.6. The molecule has 2 N–H and O–H groups in total. The van der Waals surface area contributed by atoms with Gasteiger partial charge < -0.3 is 10.6 Å². The number of nitrogens with one attached hydrogen (secondary N) is 2. The van der Waals surface area contributed by atoms with Crippen molar-refractivity contribution in [1.82, 2.24) is 19.9 Å². The first-order chi connectivity index (χ1) is 14.0. The Bertz CT molecular complexity index is 917. The SMILES string of the molecule is O=C(NCCC1CCCCN1S(=O)(=O)c1cccs1)C(=O)NCc1ccccn1. The van der Waals surface area contributed by atoms with E-state index in [1.807, 2.05) is 0 Å². The fraction of sp³-hybridized carbons (Fsp3) is 0.421. The van der Waals surface area contributed by atoms with Gasteiger partial charge >= 0.3 is 11.8 Å². The van der Waals surface area contributed by atoms with Crippen molar-refractivity contribution in [3.05, 3.63) is 47.6 Å². The lowest BCUT2D eigenvalue weighted by Gasteiger charge is -2.34.